The van der Waals surface area contributed by atoms with E-state index in [1.165, 1.54) is 0 Å². The molecule has 2 atom stereocenters. The second kappa shape index (κ2) is 3.77. The molecule has 1 fully saturated rings. The number of amides is 1. The summed E-state index contributed by atoms with van der Waals surface area (Å²) in [4.78, 5) is 13.3. The SMILES string of the molecule is C[C@H]1[C@H](CN)CN1C(=O)OC(C)(C)C. The molecule has 0 aliphatic carbocycles. The highest BCUT2D eigenvalue weighted by atomic mass is 16.6. The van der Waals surface area contributed by atoms with E-state index >= 15 is 0 Å². The summed E-state index contributed by atoms with van der Waals surface area (Å²) in [5, 5.41) is 0. The highest BCUT2D eigenvalue weighted by molar-refractivity contribution is 5.69. The Morgan fingerprint density at radius 3 is 2.50 bits per heavy atom. The zero-order chi connectivity index (χ0) is 10.9. The van der Waals surface area contributed by atoms with Crippen molar-refractivity contribution in [3.8, 4) is 0 Å². The molecule has 14 heavy (non-hydrogen) atoms. The minimum absolute atomic E-state index is 0.217. The largest absolute Gasteiger partial charge is 0.444 e. The van der Waals surface area contributed by atoms with E-state index in [1.54, 1.807) is 4.90 Å². The Kier molecular flexibility index (Phi) is 3.04. The molecule has 0 unspecified atom stereocenters. The van der Waals surface area contributed by atoms with Gasteiger partial charge in [0.05, 0.1) is 0 Å². The Bertz CT molecular complexity index is 223. The Morgan fingerprint density at radius 1 is 1.57 bits per heavy atom. The first-order chi connectivity index (χ1) is 6.35. The van der Waals surface area contributed by atoms with Crippen LogP contribution in [0.1, 0.15) is 27.7 Å². The fraction of sp³-hybridized carbons (Fsp3) is 0.900. The molecule has 0 aromatic heterocycles. The van der Waals surface area contributed by atoms with Crippen molar-refractivity contribution in [1.29, 1.82) is 0 Å². The van der Waals surface area contributed by atoms with Crippen LogP contribution in [-0.4, -0.2) is 35.7 Å². The molecule has 4 heteroatoms. The highest BCUT2D eigenvalue weighted by Gasteiger charge is 2.39. The fourth-order valence-corrected chi connectivity index (χ4v) is 1.52. The van der Waals surface area contributed by atoms with Gasteiger partial charge in [-0.3, -0.25) is 0 Å². The van der Waals surface area contributed by atoms with Gasteiger partial charge in [0.1, 0.15) is 5.60 Å². The molecule has 0 spiro atoms. The van der Waals surface area contributed by atoms with E-state index in [-0.39, 0.29) is 12.1 Å². The Hall–Kier alpha value is -0.770. The van der Waals surface area contributed by atoms with Crippen molar-refractivity contribution in [1.82, 2.24) is 4.90 Å². The number of carbonyl (C=O) groups excluding carboxylic acids is 1. The van der Waals surface area contributed by atoms with Gasteiger partial charge in [0.25, 0.3) is 0 Å². The molecule has 1 amide bonds. The quantitative estimate of drug-likeness (QED) is 0.692. The number of nitrogens with two attached hydrogens (primary N) is 1. The number of hydrogen-bond donors (Lipinski definition) is 1. The lowest BCUT2D eigenvalue weighted by Gasteiger charge is -2.45. The van der Waals surface area contributed by atoms with Crippen LogP contribution in [0.25, 0.3) is 0 Å². The summed E-state index contributed by atoms with van der Waals surface area (Å²) in [5.74, 6) is 0.433. The van der Waals surface area contributed by atoms with Gasteiger partial charge >= 0.3 is 6.09 Å². The summed E-state index contributed by atoms with van der Waals surface area (Å²) in [6.07, 6.45) is -0.227. The zero-order valence-corrected chi connectivity index (χ0v) is 9.41. The average molecular weight is 200 g/mol. The van der Waals surface area contributed by atoms with Crippen molar-refractivity contribution >= 4 is 6.09 Å². The second-order valence-corrected chi connectivity index (χ2v) is 4.87. The van der Waals surface area contributed by atoms with E-state index in [0.717, 1.165) is 6.54 Å². The molecule has 2 N–H and O–H groups in total. The highest BCUT2D eigenvalue weighted by Crippen LogP contribution is 2.25. The molecule has 0 radical (unpaired) electrons. The third-order valence-electron chi connectivity index (χ3n) is 2.54. The molecule has 1 rings (SSSR count). The zero-order valence-electron chi connectivity index (χ0n) is 9.41. The molecule has 1 heterocycles. The molecule has 1 aliphatic heterocycles. The molecular formula is C10H20N2O2. The topological polar surface area (TPSA) is 55.6 Å². The van der Waals surface area contributed by atoms with E-state index in [1.807, 2.05) is 27.7 Å². The molecule has 0 saturated carbocycles. The average Bonchev–Trinajstić information content (AvgIpc) is 1.99. The predicted octanol–water partition coefficient (Wildman–Crippen LogP) is 1.20. The number of likely N-dealkylation sites (tertiary alicyclic amines) is 1. The van der Waals surface area contributed by atoms with Gasteiger partial charge in [0.15, 0.2) is 0 Å². The summed E-state index contributed by atoms with van der Waals surface area (Å²) in [6, 6.07) is 0.217. The van der Waals surface area contributed by atoms with Crippen LogP contribution in [0.2, 0.25) is 0 Å². The van der Waals surface area contributed by atoms with Gasteiger partial charge in [-0.25, -0.2) is 4.79 Å². The van der Waals surface area contributed by atoms with E-state index in [0.29, 0.717) is 12.5 Å². The van der Waals surface area contributed by atoms with Crippen molar-refractivity contribution < 1.29 is 9.53 Å². The van der Waals surface area contributed by atoms with Crippen LogP contribution in [0, 0.1) is 5.92 Å². The van der Waals surface area contributed by atoms with E-state index in [9.17, 15) is 4.79 Å². The lowest BCUT2D eigenvalue weighted by atomic mass is 9.91. The summed E-state index contributed by atoms with van der Waals surface area (Å²) in [5.41, 5.74) is 5.12. The molecule has 0 bridgehead atoms. The lowest BCUT2D eigenvalue weighted by molar-refractivity contribution is -0.0227. The third kappa shape index (κ3) is 2.38. The van der Waals surface area contributed by atoms with Crippen LogP contribution in [-0.2, 0) is 4.74 Å². The predicted molar refractivity (Wildman–Crippen MR) is 54.9 cm³/mol. The maximum absolute atomic E-state index is 11.6. The first-order valence-corrected chi connectivity index (χ1v) is 5.05. The summed E-state index contributed by atoms with van der Waals surface area (Å²) in [6.45, 7) is 8.99. The molecule has 1 aliphatic rings. The first-order valence-electron chi connectivity index (χ1n) is 5.05. The molecule has 4 nitrogen and oxygen atoms in total. The molecule has 82 valence electrons. The number of ether oxygens (including phenoxy) is 1. The fourth-order valence-electron chi connectivity index (χ4n) is 1.52. The van der Waals surface area contributed by atoms with Gasteiger partial charge in [-0.2, -0.15) is 0 Å². The molecule has 1 saturated heterocycles. The summed E-state index contributed by atoms with van der Waals surface area (Å²) >= 11 is 0. The van der Waals surface area contributed by atoms with E-state index in [4.69, 9.17) is 10.5 Å². The third-order valence-corrected chi connectivity index (χ3v) is 2.54. The van der Waals surface area contributed by atoms with Crippen LogP contribution in [0.5, 0.6) is 0 Å². The van der Waals surface area contributed by atoms with Crippen molar-refractivity contribution in [3.63, 3.8) is 0 Å². The number of nitrogens with zero attached hydrogens (tertiary/aromatic N) is 1. The van der Waals surface area contributed by atoms with Crippen LogP contribution >= 0.6 is 0 Å². The Labute approximate surface area is 85.4 Å². The van der Waals surface area contributed by atoms with Crippen molar-refractivity contribution in [2.75, 3.05) is 13.1 Å². The first kappa shape index (κ1) is 11.3. The maximum Gasteiger partial charge on any atom is 0.410 e. The van der Waals surface area contributed by atoms with Gasteiger partial charge in [0.2, 0.25) is 0 Å². The van der Waals surface area contributed by atoms with Gasteiger partial charge < -0.3 is 15.4 Å². The van der Waals surface area contributed by atoms with Crippen LogP contribution in [0.3, 0.4) is 0 Å². The number of carbonyl (C=O) groups is 1. The van der Waals surface area contributed by atoms with E-state index in [2.05, 4.69) is 0 Å². The molecule has 0 aromatic rings. The summed E-state index contributed by atoms with van der Waals surface area (Å²) < 4.78 is 5.25. The summed E-state index contributed by atoms with van der Waals surface area (Å²) in [7, 11) is 0. The van der Waals surface area contributed by atoms with E-state index < -0.39 is 5.60 Å². The van der Waals surface area contributed by atoms with Gasteiger partial charge in [-0.15, -0.1) is 0 Å². The van der Waals surface area contributed by atoms with Crippen molar-refractivity contribution in [2.45, 2.75) is 39.3 Å². The van der Waals surface area contributed by atoms with Gasteiger partial charge in [-0.05, 0) is 34.2 Å². The van der Waals surface area contributed by atoms with Gasteiger partial charge in [0, 0.05) is 18.5 Å². The Morgan fingerprint density at radius 2 is 2.14 bits per heavy atom. The van der Waals surface area contributed by atoms with Crippen LogP contribution < -0.4 is 5.73 Å². The van der Waals surface area contributed by atoms with Crippen molar-refractivity contribution in [2.24, 2.45) is 11.7 Å². The second-order valence-electron chi connectivity index (χ2n) is 4.87. The standard InChI is InChI=1S/C10H20N2O2/c1-7-8(5-11)6-12(7)9(13)14-10(2,3)4/h7-8H,5-6,11H2,1-4H3/t7-,8+/m0/s1. The smallest absolute Gasteiger partial charge is 0.410 e. The normalized spacial score (nSPS) is 27.1. The number of hydrogen-bond acceptors (Lipinski definition) is 3. The van der Waals surface area contributed by atoms with Crippen molar-refractivity contribution in [3.05, 3.63) is 0 Å². The van der Waals surface area contributed by atoms with Crippen LogP contribution in [0.4, 0.5) is 4.79 Å². The monoisotopic (exact) mass is 200 g/mol. The minimum Gasteiger partial charge on any atom is -0.444 e. The van der Waals surface area contributed by atoms with Crippen LogP contribution in [0.15, 0.2) is 0 Å². The lowest BCUT2D eigenvalue weighted by Crippen LogP contribution is -2.60. The Balaban J connectivity index is 2.42. The number of rotatable bonds is 1. The maximum atomic E-state index is 11.6. The van der Waals surface area contributed by atoms with Gasteiger partial charge in [-0.1, -0.05) is 0 Å². The molecule has 0 aromatic carbocycles. The molecular weight excluding hydrogens is 180 g/mol. The minimum atomic E-state index is -0.412.